The number of hydrogen-bond acceptors (Lipinski definition) is 2. The Morgan fingerprint density at radius 3 is 2.67 bits per heavy atom. The topological polar surface area (TPSA) is 32.3 Å². The van der Waals surface area contributed by atoms with Crippen LogP contribution in [0.1, 0.15) is 55.9 Å². The maximum atomic E-state index is 10.2. The van der Waals surface area contributed by atoms with E-state index in [1.54, 1.807) is 0 Å². The van der Waals surface area contributed by atoms with Crippen molar-refractivity contribution < 1.29 is 5.11 Å². The highest BCUT2D eigenvalue weighted by molar-refractivity contribution is 5.34. The van der Waals surface area contributed by atoms with E-state index < -0.39 is 0 Å². The fourth-order valence-electron chi connectivity index (χ4n) is 2.54. The van der Waals surface area contributed by atoms with Gasteiger partial charge in [-0.1, -0.05) is 25.1 Å². The summed E-state index contributed by atoms with van der Waals surface area (Å²) in [6, 6.07) is 6.97. The van der Waals surface area contributed by atoms with Crippen LogP contribution in [0.2, 0.25) is 0 Å². The van der Waals surface area contributed by atoms with E-state index in [9.17, 15) is 5.11 Å². The Hall–Kier alpha value is -0.860. The molecule has 2 atom stereocenters. The van der Waals surface area contributed by atoms with Gasteiger partial charge in [0, 0.05) is 12.6 Å². The van der Waals surface area contributed by atoms with E-state index in [4.69, 9.17) is 0 Å². The fraction of sp³-hybridized carbons (Fsp3) is 0.625. The number of aryl methyl sites for hydroxylation is 2. The van der Waals surface area contributed by atoms with Gasteiger partial charge in [-0.25, -0.2) is 0 Å². The third-order valence-corrected chi connectivity index (χ3v) is 4.03. The molecule has 0 amide bonds. The molecular formula is C16H25NO. The number of nitrogens with one attached hydrogen (secondary N) is 1. The van der Waals surface area contributed by atoms with Crippen molar-refractivity contribution in [2.45, 2.75) is 58.1 Å². The van der Waals surface area contributed by atoms with Gasteiger partial charge in [0.15, 0.2) is 0 Å². The van der Waals surface area contributed by atoms with Crippen LogP contribution in [0, 0.1) is 0 Å². The Labute approximate surface area is 110 Å². The minimum Gasteiger partial charge on any atom is -0.387 e. The predicted octanol–water partition coefficient (Wildman–Crippen LogP) is 2.99. The Balaban J connectivity index is 1.99. The molecule has 0 saturated heterocycles. The van der Waals surface area contributed by atoms with Crippen LogP contribution in [0.5, 0.6) is 0 Å². The first-order valence-electron chi connectivity index (χ1n) is 7.24. The number of benzene rings is 1. The molecule has 0 unspecified atom stereocenters. The van der Waals surface area contributed by atoms with Crippen LogP contribution in [-0.4, -0.2) is 17.7 Å². The SMILES string of the molecule is CC[C@H](C)NC[C@H](O)c1ccc2c(c1)CCCC2. The minimum absolute atomic E-state index is 0.383. The number of hydrogen-bond donors (Lipinski definition) is 2. The van der Waals surface area contributed by atoms with E-state index in [0.717, 1.165) is 12.0 Å². The normalized spacial score (nSPS) is 18.2. The average molecular weight is 247 g/mol. The zero-order chi connectivity index (χ0) is 13.0. The third kappa shape index (κ3) is 3.33. The summed E-state index contributed by atoms with van der Waals surface area (Å²) in [6.45, 7) is 4.95. The molecule has 1 aromatic carbocycles. The summed E-state index contributed by atoms with van der Waals surface area (Å²) in [7, 11) is 0. The summed E-state index contributed by atoms with van der Waals surface area (Å²) >= 11 is 0. The van der Waals surface area contributed by atoms with Gasteiger partial charge >= 0.3 is 0 Å². The first-order valence-corrected chi connectivity index (χ1v) is 7.24. The maximum Gasteiger partial charge on any atom is 0.0914 e. The van der Waals surface area contributed by atoms with E-state index in [2.05, 4.69) is 37.4 Å². The summed E-state index contributed by atoms with van der Waals surface area (Å²) in [6.07, 6.45) is 5.69. The molecule has 100 valence electrons. The molecule has 2 N–H and O–H groups in total. The molecule has 0 aliphatic heterocycles. The van der Waals surface area contributed by atoms with Crippen molar-refractivity contribution in [2.75, 3.05) is 6.54 Å². The quantitative estimate of drug-likeness (QED) is 0.838. The van der Waals surface area contributed by atoms with Gasteiger partial charge in [0.05, 0.1) is 6.10 Å². The van der Waals surface area contributed by atoms with Crippen LogP contribution in [0.3, 0.4) is 0 Å². The zero-order valence-electron chi connectivity index (χ0n) is 11.6. The Bertz CT molecular complexity index is 389. The highest BCUT2D eigenvalue weighted by Gasteiger charge is 2.13. The van der Waals surface area contributed by atoms with Crippen LogP contribution >= 0.6 is 0 Å². The van der Waals surface area contributed by atoms with Gasteiger partial charge in [-0.15, -0.1) is 0 Å². The molecule has 2 nitrogen and oxygen atoms in total. The van der Waals surface area contributed by atoms with Gasteiger partial charge < -0.3 is 10.4 Å². The molecule has 0 spiro atoms. The molecule has 0 saturated carbocycles. The Morgan fingerprint density at radius 1 is 1.22 bits per heavy atom. The number of fused-ring (bicyclic) bond motifs is 1. The number of aliphatic hydroxyl groups excluding tert-OH is 1. The van der Waals surface area contributed by atoms with Crippen LogP contribution in [0.25, 0.3) is 0 Å². The summed E-state index contributed by atoms with van der Waals surface area (Å²) in [5.74, 6) is 0. The van der Waals surface area contributed by atoms with Gasteiger partial charge in [-0.05, 0) is 55.7 Å². The molecule has 1 aliphatic carbocycles. The first kappa shape index (κ1) is 13.6. The lowest BCUT2D eigenvalue weighted by Crippen LogP contribution is -2.29. The molecule has 0 radical (unpaired) electrons. The molecule has 1 aromatic rings. The monoisotopic (exact) mass is 247 g/mol. The van der Waals surface area contributed by atoms with E-state index >= 15 is 0 Å². The molecule has 2 rings (SSSR count). The van der Waals surface area contributed by atoms with Gasteiger partial charge in [0.1, 0.15) is 0 Å². The molecule has 2 heteroatoms. The molecule has 0 aromatic heterocycles. The lowest BCUT2D eigenvalue weighted by atomic mass is 9.89. The van der Waals surface area contributed by atoms with Crippen LogP contribution < -0.4 is 5.32 Å². The van der Waals surface area contributed by atoms with Gasteiger partial charge in [-0.2, -0.15) is 0 Å². The second kappa shape index (κ2) is 6.35. The van der Waals surface area contributed by atoms with Gasteiger partial charge in [0.2, 0.25) is 0 Å². The Kier molecular flexibility index (Phi) is 4.79. The molecule has 0 fully saturated rings. The zero-order valence-corrected chi connectivity index (χ0v) is 11.6. The molecule has 1 aliphatic rings. The summed E-state index contributed by atoms with van der Waals surface area (Å²) in [4.78, 5) is 0. The fourth-order valence-corrected chi connectivity index (χ4v) is 2.54. The average Bonchev–Trinajstić information content (AvgIpc) is 2.43. The van der Waals surface area contributed by atoms with Crippen molar-refractivity contribution in [1.29, 1.82) is 0 Å². The number of aliphatic hydroxyl groups is 1. The van der Waals surface area contributed by atoms with Gasteiger partial charge in [-0.3, -0.25) is 0 Å². The van der Waals surface area contributed by atoms with Crippen molar-refractivity contribution in [1.82, 2.24) is 5.32 Å². The largest absolute Gasteiger partial charge is 0.387 e. The minimum atomic E-state index is -0.383. The van der Waals surface area contributed by atoms with Crippen LogP contribution in [0.15, 0.2) is 18.2 Å². The lowest BCUT2D eigenvalue weighted by Gasteiger charge is -2.20. The summed E-state index contributed by atoms with van der Waals surface area (Å²) in [5.41, 5.74) is 3.99. The van der Waals surface area contributed by atoms with Crippen molar-refractivity contribution in [3.63, 3.8) is 0 Å². The standard InChI is InChI=1S/C16H25NO/c1-3-12(2)17-11-16(18)15-9-8-13-6-4-5-7-14(13)10-15/h8-10,12,16-18H,3-7,11H2,1-2H3/t12-,16-/m0/s1. The van der Waals surface area contributed by atoms with E-state index in [-0.39, 0.29) is 6.10 Å². The third-order valence-electron chi connectivity index (χ3n) is 4.03. The van der Waals surface area contributed by atoms with Crippen molar-refractivity contribution in [2.24, 2.45) is 0 Å². The second-order valence-electron chi connectivity index (χ2n) is 5.47. The van der Waals surface area contributed by atoms with Gasteiger partial charge in [0.25, 0.3) is 0 Å². The van der Waals surface area contributed by atoms with Crippen LogP contribution in [0.4, 0.5) is 0 Å². The summed E-state index contributed by atoms with van der Waals surface area (Å²) < 4.78 is 0. The van der Waals surface area contributed by atoms with Crippen molar-refractivity contribution in [3.05, 3.63) is 34.9 Å². The van der Waals surface area contributed by atoms with Crippen molar-refractivity contribution >= 4 is 0 Å². The molecule has 18 heavy (non-hydrogen) atoms. The summed E-state index contributed by atoms with van der Waals surface area (Å²) in [5, 5.41) is 13.6. The smallest absolute Gasteiger partial charge is 0.0914 e. The van der Waals surface area contributed by atoms with Crippen LogP contribution in [-0.2, 0) is 12.8 Å². The van der Waals surface area contributed by atoms with E-state index in [0.29, 0.717) is 12.6 Å². The highest BCUT2D eigenvalue weighted by Crippen LogP contribution is 2.24. The first-order chi connectivity index (χ1) is 8.70. The number of rotatable bonds is 5. The molecule has 0 heterocycles. The predicted molar refractivity (Wildman–Crippen MR) is 75.8 cm³/mol. The lowest BCUT2D eigenvalue weighted by molar-refractivity contribution is 0.170. The van der Waals surface area contributed by atoms with Crippen molar-refractivity contribution in [3.8, 4) is 0 Å². The Morgan fingerprint density at radius 2 is 1.94 bits per heavy atom. The van der Waals surface area contributed by atoms with E-state index in [1.807, 2.05) is 0 Å². The highest BCUT2D eigenvalue weighted by atomic mass is 16.3. The molecular weight excluding hydrogens is 222 g/mol. The second-order valence-corrected chi connectivity index (χ2v) is 5.47. The maximum absolute atomic E-state index is 10.2. The molecule has 0 bridgehead atoms. The van der Waals surface area contributed by atoms with E-state index in [1.165, 1.54) is 36.8 Å².